The number of halogens is 1. The Bertz CT molecular complexity index is 448. The van der Waals surface area contributed by atoms with E-state index in [9.17, 15) is 4.79 Å². The topological polar surface area (TPSA) is 58.4 Å². The molecule has 1 aromatic rings. The quantitative estimate of drug-likeness (QED) is 0.496. The predicted molar refractivity (Wildman–Crippen MR) is 81.6 cm³/mol. The molecular formula is C14H22BrN3O. The Balaban J connectivity index is 2.83. The van der Waals surface area contributed by atoms with Crippen LogP contribution in [0.15, 0.2) is 22.7 Å². The van der Waals surface area contributed by atoms with Gasteiger partial charge in [-0.2, -0.15) is 0 Å². The number of nitrogens with two attached hydrogens (primary N) is 1. The van der Waals surface area contributed by atoms with Crippen LogP contribution in [0.2, 0.25) is 0 Å². The van der Waals surface area contributed by atoms with E-state index in [4.69, 9.17) is 5.84 Å². The first-order valence-electron chi connectivity index (χ1n) is 6.36. The van der Waals surface area contributed by atoms with Gasteiger partial charge in [0.15, 0.2) is 0 Å². The van der Waals surface area contributed by atoms with Gasteiger partial charge < -0.3 is 0 Å². The highest BCUT2D eigenvalue weighted by atomic mass is 79.9. The van der Waals surface area contributed by atoms with Gasteiger partial charge in [-0.3, -0.25) is 15.1 Å². The lowest BCUT2D eigenvalue weighted by Gasteiger charge is -2.28. The zero-order valence-electron chi connectivity index (χ0n) is 11.9. The number of amides is 1. The summed E-state index contributed by atoms with van der Waals surface area (Å²) in [6, 6.07) is 6.04. The van der Waals surface area contributed by atoms with Gasteiger partial charge in [0.1, 0.15) is 0 Å². The van der Waals surface area contributed by atoms with Crippen LogP contribution < -0.4 is 11.3 Å². The summed E-state index contributed by atoms with van der Waals surface area (Å²) in [5, 5.41) is 0. The number of hydrazine groups is 1. The fraction of sp³-hybridized carbons (Fsp3) is 0.500. The van der Waals surface area contributed by atoms with Crippen LogP contribution in [0.25, 0.3) is 0 Å². The molecule has 0 aromatic heterocycles. The Morgan fingerprint density at radius 1 is 1.42 bits per heavy atom. The summed E-state index contributed by atoms with van der Waals surface area (Å²) < 4.78 is 0.927. The van der Waals surface area contributed by atoms with Crippen molar-refractivity contribution in [1.82, 2.24) is 10.3 Å². The fourth-order valence-electron chi connectivity index (χ4n) is 1.82. The lowest BCUT2D eigenvalue weighted by Crippen LogP contribution is -2.33. The molecule has 4 nitrogen and oxygen atoms in total. The maximum Gasteiger partial charge on any atom is 0.265 e. The first-order chi connectivity index (χ1) is 8.86. The Hall–Kier alpha value is -0.910. The number of nitrogen functional groups attached to an aromatic ring is 1. The molecule has 0 spiro atoms. The number of nitrogens with zero attached hydrogens (tertiary/aromatic N) is 1. The summed E-state index contributed by atoms with van der Waals surface area (Å²) in [5.74, 6) is 5.44. The Morgan fingerprint density at radius 2 is 2.05 bits per heavy atom. The molecule has 0 heterocycles. The second-order valence-corrected chi connectivity index (χ2v) is 6.03. The van der Waals surface area contributed by atoms with Gasteiger partial charge in [0.25, 0.3) is 5.91 Å². The van der Waals surface area contributed by atoms with Crippen LogP contribution in [0.4, 0.5) is 0 Å². The molecule has 1 aromatic carbocycles. The van der Waals surface area contributed by atoms with Gasteiger partial charge in [0, 0.05) is 22.6 Å². The molecule has 3 N–H and O–H groups in total. The molecule has 0 saturated heterocycles. The molecule has 1 atom stereocenters. The van der Waals surface area contributed by atoms with Gasteiger partial charge in [0.2, 0.25) is 0 Å². The molecule has 0 fully saturated rings. The van der Waals surface area contributed by atoms with Gasteiger partial charge in [-0.1, -0.05) is 35.8 Å². The van der Waals surface area contributed by atoms with Crippen molar-refractivity contribution in [2.75, 3.05) is 7.05 Å². The third-order valence-electron chi connectivity index (χ3n) is 3.53. The zero-order chi connectivity index (χ0) is 14.6. The Morgan fingerprint density at radius 3 is 2.53 bits per heavy atom. The van der Waals surface area contributed by atoms with E-state index in [1.54, 1.807) is 12.1 Å². The van der Waals surface area contributed by atoms with E-state index in [0.29, 0.717) is 17.5 Å². The highest BCUT2D eigenvalue weighted by molar-refractivity contribution is 9.10. The number of benzene rings is 1. The van der Waals surface area contributed by atoms with E-state index in [1.807, 2.05) is 6.07 Å². The highest BCUT2D eigenvalue weighted by Gasteiger charge is 2.15. The van der Waals surface area contributed by atoms with Crippen molar-refractivity contribution in [3.8, 4) is 0 Å². The molecule has 19 heavy (non-hydrogen) atoms. The monoisotopic (exact) mass is 327 g/mol. The molecule has 0 aliphatic carbocycles. The van der Waals surface area contributed by atoms with Crippen LogP contribution in [0.1, 0.15) is 36.7 Å². The van der Waals surface area contributed by atoms with E-state index >= 15 is 0 Å². The van der Waals surface area contributed by atoms with Crippen molar-refractivity contribution in [2.24, 2.45) is 11.8 Å². The van der Waals surface area contributed by atoms with Crippen molar-refractivity contribution in [3.05, 3.63) is 33.8 Å². The second-order valence-electron chi connectivity index (χ2n) is 5.18. The van der Waals surface area contributed by atoms with E-state index in [0.717, 1.165) is 16.6 Å². The molecule has 0 radical (unpaired) electrons. The molecule has 0 saturated carbocycles. The molecule has 0 bridgehead atoms. The number of carbonyl (C=O) groups is 1. The maximum atomic E-state index is 11.4. The first-order valence-corrected chi connectivity index (χ1v) is 7.15. The molecule has 0 aliphatic heterocycles. The van der Waals surface area contributed by atoms with Crippen LogP contribution in [0.5, 0.6) is 0 Å². The number of rotatable bonds is 5. The third-order valence-corrected chi connectivity index (χ3v) is 4.26. The standard InChI is InChI=1S/C14H22BrN3O/c1-9(2)10(3)18(4)8-12-6-5-11(7-13(12)15)14(19)17-16/h5-7,9-10H,8,16H2,1-4H3,(H,17,19). The molecule has 106 valence electrons. The SMILES string of the molecule is CC(C)C(C)N(C)Cc1ccc(C(=O)NN)cc1Br. The smallest absolute Gasteiger partial charge is 0.265 e. The average molecular weight is 328 g/mol. The van der Waals surface area contributed by atoms with Gasteiger partial charge >= 0.3 is 0 Å². The summed E-state index contributed by atoms with van der Waals surface area (Å²) in [6.07, 6.45) is 0. The lowest BCUT2D eigenvalue weighted by atomic mass is 10.0. The van der Waals surface area contributed by atoms with Crippen LogP contribution in [0, 0.1) is 5.92 Å². The molecule has 1 unspecified atom stereocenters. The molecular weight excluding hydrogens is 306 g/mol. The van der Waals surface area contributed by atoms with Crippen LogP contribution in [-0.2, 0) is 6.54 Å². The molecule has 1 rings (SSSR count). The molecule has 5 heteroatoms. The minimum absolute atomic E-state index is 0.281. The van der Waals surface area contributed by atoms with E-state index in [1.165, 1.54) is 0 Å². The first kappa shape index (κ1) is 16.1. The summed E-state index contributed by atoms with van der Waals surface area (Å²) in [4.78, 5) is 13.7. The largest absolute Gasteiger partial charge is 0.299 e. The average Bonchev–Trinajstić information content (AvgIpc) is 2.38. The number of hydrogen-bond donors (Lipinski definition) is 2. The minimum atomic E-state index is -0.281. The Labute approximate surface area is 123 Å². The van der Waals surface area contributed by atoms with E-state index in [2.05, 4.69) is 54.1 Å². The van der Waals surface area contributed by atoms with Crippen molar-refractivity contribution in [1.29, 1.82) is 0 Å². The normalized spacial score (nSPS) is 12.8. The van der Waals surface area contributed by atoms with Gasteiger partial charge in [-0.15, -0.1) is 0 Å². The van der Waals surface area contributed by atoms with E-state index < -0.39 is 0 Å². The number of carbonyl (C=O) groups excluding carboxylic acids is 1. The zero-order valence-corrected chi connectivity index (χ0v) is 13.5. The van der Waals surface area contributed by atoms with Crippen molar-refractivity contribution >= 4 is 21.8 Å². The minimum Gasteiger partial charge on any atom is -0.299 e. The van der Waals surface area contributed by atoms with Gasteiger partial charge in [0.05, 0.1) is 0 Å². The Kier molecular flexibility index (Phi) is 5.97. The van der Waals surface area contributed by atoms with Crippen LogP contribution in [0.3, 0.4) is 0 Å². The summed E-state index contributed by atoms with van der Waals surface area (Å²) in [6.45, 7) is 7.48. The summed E-state index contributed by atoms with van der Waals surface area (Å²) in [7, 11) is 2.11. The summed E-state index contributed by atoms with van der Waals surface area (Å²) >= 11 is 3.51. The summed E-state index contributed by atoms with van der Waals surface area (Å²) in [5.41, 5.74) is 3.84. The molecule has 0 aliphatic rings. The predicted octanol–water partition coefficient (Wildman–Crippen LogP) is 2.53. The fourth-order valence-corrected chi connectivity index (χ4v) is 2.33. The maximum absolute atomic E-state index is 11.4. The number of nitrogens with one attached hydrogen (secondary N) is 1. The highest BCUT2D eigenvalue weighted by Crippen LogP contribution is 2.21. The molecule has 1 amide bonds. The lowest BCUT2D eigenvalue weighted by molar-refractivity contribution is 0.0953. The van der Waals surface area contributed by atoms with Crippen LogP contribution in [-0.4, -0.2) is 23.9 Å². The van der Waals surface area contributed by atoms with Crippen LogP contribution >= 0.6 is 15.9 Å². The van der Waals surface area contributed by atoms with Gasteiger partial charge in [-0.25, -0.2) is 5.84 Å². The third kappa shape index (κ3) is 4.30. The van der Waals surface area contributed by atoms with Crippen molar-refractivity contribution < 1.29 is 4.79 Å². The number of hydrogen-bond acceptors (Lipinski definition) is 3. The second kappa shape index (κ2) is 7.03. The van der Waals surface area contributed by atoms with E-state index in [-0.39, 0.29) is 5.91 Å². The van der Waals surface area contributed by atoms with Crippen molar-refractivity contribution in [2.45, 2.75) is 33.4 Å². The van der Waals surface area contributed by atoms with Crippen molar-refractivity contribution in [3.63, 3.8) is 0 Å². The van der Waals surface area contributed by atoms with Gasteiger partial charge in [-0.05, 0) is 37.6 Å².